The fourth-order valence-corrected chi connectivity index (χ4v) is 5.02. The van der Waals surface area contributed by atoms with Crippen LogP contribution in [-0.4, -0.2) is 82.7 Å². The Balaban J connectivity index is 1.55. The van der Waals surface area contributed by atoms with Crippen LogP contribution in [0.1, 0.15) is 34.6 Å². The molecule has 0 spiro atoms. The third kappa shape index (κ3) is 7.37. The zero-order valence-electron chi connectivity index (χ0n) is 24.3. The number of rotatable bonds is 12. The lowest BCUT2D eigenvalue weighted by Gasteiger charge is -2.21. The van der Waals surface area contributed by atoms with Crippen LogP contribution in [0.4, 0.5) is 10.2 Å². The standard InChI is InChI=1S/C30H34Cl2FN7O3/c1-5-40(4)26(42)15-39(3)14-19-7-6-18(11-21(19)31)27-28(37-38-29(27)34-2)20-12-24(35-13-20)30(43)36-25(16-41)17-8-9-23(33)22(32)10-17/h6-13,25,35,41H,5,14-16H2,1-4H3,(H,36,43)(H2,34,37,38). The van der Waals surface area contributed by atoms with Crippen LogP contribution in [0.3, 0.4) is 0 Å². The van der Waals surface area contributed by atoms with E-state index < -0.39 is 24.4 Å². The van der Waals surface area contributed by atoms with E-state index in [0.29, 0.717) is 40.8 Å². The second-order valence-corrected chi connectivity index (χ2v) is 11.0. The Hall–Kier alpha value is -3.90. The van der Waals surface area contributed by atoms with E-state index in [2.05, 4.69) is 25.8 Å². The van der Waals surface area contributed by atoms with Crippen molar-refractivity contribution in [1.29, 1.82) is 0 Å². The number of halogens is 3. The van der Waals surface area contributed by atoms with Gasteiger partial charge >= 0.3 is 0 Å². The fraction of sp³-hybridized carbons (Fsp3) is 0.300. The highest BCUT2D eigenvalue weighted by Crippen LogP contribution is 2.38. The molecule has 43 heavy (non-hydrogen) atoms. The van der Waals surface area contributed by atoms with Crippen LogP contribution >= 0.6 is 23.2 Å². The number of amides is 2. The van der Waals surface area contributed by atoms with Gasteiger partial charge in [-0.2, -0.15) is 5.10 Å². The number of anilines is 1. The number of benzene rings is 2. The van der Waals surface area contributed by atoms with Crippen molar-refractivity contribution in [1.82, 2.24) is 30.3 Å². The van der Waals surface area contributed by atoms with E-state index in [1.54, 1.807) is 31.3 Å². The maximum Gasteiger partial charge on any atom is 0.268 e. The van der Waals surface area contributed by atoms with Gasteiger partial charge in [0.15, 0.2) is 5.82 Å². The quantitative estimate of drug-likeness (QED) is 0.151. The van der Waals surface area contributed by atoms with E-state index in [0.717, 1.165) is 16.7 Å². The zero-order chi connectivity index (χ0) is 31.3. The lowest BCUT2D eigenvalue weighted by atomic mass is 10.0. The van der Waals surface area contributed by atoms with Crippen LogP contribution in [0.2, 0.25) is 10.0 Å². The number of hydrogen-bond donors (Lipinski definition) is 5. The van der Waals surface area contributed by atoms with E-state index in [1.807, 2.05) is 37.1 Å². The molecule has 0 saturated heterocycles. The summed E-state index contributed by atoms with van der Waals surface area (Å²) in [5.74, 6) is -0.440. The highest BCUT2D eigenvalue weighted by atomic mass is 35.5. The molecule has 0 aliphatic rings. The molecular weight excluding hydrogens is 596 g/mol. The van der Waals surface area contributed by atoms with Crippen LogP contribution in [0.5, 0.6) is 0 Å². The molecule has 0 aliphatic carbocycles. The fourth-order valence-electron chi connectivity index (χ4n) is 4.59. The van der Waals surface area contributed by atoms with Gasteiger partial charge in [0, 0.05) is 44.0 Å². The molecule has 0 radical (unpaired) electrons. The maximum absolute atomic E-state index is 13.6. The minimum absolute atomic E-state index is 0.0331. The van der Waals surface area contributed by atoms with Crippen molar-refractivity contribution in [2.45, 2.75) is 19.5 Å². The molecule has 0 saturated carbocycles. The minimum Gasteiger partial charge on any atom is -0.394 e. The number of likely N-dealkylation sites (N-methyl/N-ethyl adjacent to an activating group) is 2. The summed E-state index contributed by atoms with van der Waals surface area (Å²) in [6.07, 6.45) is 1.67. The van der Waals surface area contributed by atoms with E-state index in [9.17, 15) is 19.1 Å². The molecule has 2 heterocycles. The number of aromatic amines is 2. The number of carbonyl (C=O) groups is 2. The largest absolute Gasteiger partial charge is 0.394 e. The van der Waals surface area contributed by atoms with Gasteiger partial charge in [-0.25, -0.2) is 4.39 Å². The van der Waals surface area contributed by atoms with Gasteiger partial charge in [0.05, 0.1) is 35.5 Å². The Morgan fingerprint density at radius 2 is 1.86 bits per heavy atom. The summed E-state index contributed by atoms with van der Waals surface area (Å²) in [6, 6.07) is 10.6. The van der Waals surface area contributed by atoms with Crippen LogP contribution in [0.25, 0.3) is 22.4 Å². The molecule has 10 nitrogen and oxygen atoms in total. The van der Waals surface area contributed by atoms with E-state index in [1.165, 1.54) is 18.2 Å². The number of aliphatic hydroxyl groups excluding tert-OH is 1. The molecule has 13 heteroatoms. The summed E-state index contributed by atoms with van der Waals surface area (Å²) < 4.78 is 13.6. The third-order valence-corrected chi connectivity index (χ3v) is 7.78. The molecule has 0 fully saturated rings. The Morgan fingerprint density at radius 3 is 2.51 bits per heavy atom. The SMILES string of the molecule is CCN(C)C(=O)CN(C)Cc1ccc(-c2c(NC)n[nH]c2-c2c[nH]c(C(=O)NC(CO)c3ccc(F)c(Cl)c3)c2)cc1Cl. The molecule has 2 aromatic carbocycles. The first-order valence-corrected chi connectivity index (χ1v) is 14.3. The first kappa shape index (κ1) is 32.0. The van der Waals surface area contributed by atoms with Crippen molar-refractivity contribution in [3.05, 3.63) is 81.3 Å². The van der Waals surface area contributed by atoms with Crippen molar-refractivity contribution in [3.8, 4) is 22.4 Å². The minimum atomic E-state index is -0.790. The average Bonchev–Trinajstić information content (AvgIpc) is 3.65. The molecule has 228 valence electrons. The monoisotopic (exact) mass is 629 g/mol. The number of aliphatic hydroxyl groups is 1. The summed E-state index contributed by atoms with van der Waals surface area (Å²) >= 11 is 12.6. The van der Waals surface area contributed by atoms with Crippen LogP contribution < -0.4 is 10.6 Å². The van der Waals surface area contributed by atoms with Crippen LogP contribution in [-0.2, 0) is 11.3 Å². The van der Waals surface area contributed by atoms with Crippen LogP contribution in [0.15, 0.2) is 48.7 Å². The summed E-state index contributed by atoms with van der Waals surface area (Å²) in [4.78, 5) is 31.9. The van der Waals surface area contributed by atoms with Gasteiger partial charge in [-0.05, 0) is 54.9 Å². The highest BCUT2D eigenvalue weighted by molar-refractivity contribution is 6.31. The summed E-state index contributed by atoms with van der Waals surface area (Å²) in [6.45, 7) is 2.94. The third-order valence-electron chi connectivity index (χ3n) is 7.14. The predicted octanol–water partition coefficient (Wildman–Crippen LogP) is 4.93. The van der Waals surface area contributed by atoms with Crippen molar-refractivity contribution in [2.24, 2.45) is 0 Å². The number of nitrogens with one attached hydrogen (secondary N) is 4. The van der Waals surface area contributed by atoms with Crippen molar-refractivity contribution in [3.63, 3.8) is 0 Å². The normalized spacial score (nSPS) is 11.9. The summed E-state index contributed by atoms with van der Waals surface area (Å²) in [7, 11) is 5.40. The number of hydrogen-bond acceptors (Lipinski definition) is 6. The second kappa shape index (κ2) is 14.0. The Labute approximate surface area is 259 Å². The van der Waals surface area contributed by atoms with Gasteiger partial charge in [0.25, 0.3) is 5.91 Å². The lowest BCUT2D eigenvalue weighted by Crippen LogP contribution is -2.36. The van der Waals surface area contributed by atoms with Gasteiger partial charge in [-0.15, -0.1) is 0 Å². The molecule has 1 atom stereocenters. The topological polar surface area (TPSA) is 129 Å². The molecule has 5 N–H and O–H groups in total. The lowest BCUT2D eigenvalue weighted by molar-refractivity contribution is -0.130. The van der Waals surface area contributed by atoms with E-state index >= 15 is 0 Å². The van der Waals surface area contributed by atoms with Crippen molar-refractivity contribution < 1.29 is 19.1 Å². The maximum atomic E-state index is 13.6. The van der Waals surface area contributed by atoms with E-state index in [-0.39, 0.29) is 23.2 Å². The second-order valence-electron chi connectivity index (χ2n) is 10.1. The summed E-state index contributed by atoms with van der Waals surface area (Å²) in [5.41, 5.74) is 4.45. The molecule has 4 rings (SSSR count). The molecule has 1 unspecified atom stereocenters. The van der Waals surface area contributed by atoms with E-state index in [4.69, 9.17) is 23.2 Å². The van der Waals surface area contributed by atoms with Gasteiger partial charge < -0.3 is 25.6 Å². The Kier molecular flexibility index (Phi) is 10.5. The van der Waals surface area contributed by atoms with Gasteiger partial charge in [-0.3, -0.25) is 19.6 Å². The summed E-state index contributed by atoms with van der Waals surface area (Å²) in [5, 5.41) is 23.6. The molecular formula is C30H34Cl2FN7O3. The van der Waals surface area contributed by atoms with Gasteiger partial charge in [-0.1, -0.05) is 41.4 Å². The molecule has 2 amide bonds. The molecule has 0 aliphatic heterocycles. The number of aromatic nitrogens is 3. The average molecular weight is 631 g/mol. The van der Waals surface area contributed by atoms with Crippen molar-refractivity contribution in [2.75, 3.05) is 46.2 Å². The first-order valence-electron chi connectivity index (χ1n) is 13.6. The predicted molar refractivity (Wildman–Crippen MR) is 167 cm³/mol. The highest BCUT2D eigenvalue weighted by Gasteiger charge is 2.22. The van der Waals surface area contributed by atoms with Crippen molar-refractivity contribution >= 4 is 40.8 Å². The zero-order valence-corrected chi connectivity index (χ0v) is 25.8. The van der Waals surface area contributed by atoms with Crippen LogP contribution in [0, 0.1) is 5.82 Å². The smallest absolute Gasteiger partial charge is 0.268 e. The number of nitrogens with zero attached hydrogens (tertiary/aromatic N) is 3. The number of carbonyl (C=O) groups excluding carboxylic acids is 2. The number of H-pyrrole nitrogens is 2. The molecule has 2 aromatic heterocycles. The van der Waals surface area contributed by atoms with Gasteiger partial charge in [0.2, 0.25) is 5.91 Å². The molecule has 4 aromatic rings. The Morgan fingerprint density at radius 1 is 1.09 bits per heavy atom. The molecule has 0 bridgehead atoms. The van der Waals surface area contributed by atoms with Gasteiger partial charge in [0.1, 0.15) is 11.5 Å². The first-order chi connectivity index (χ1) is 20.6. The Bertz CT molecular complexity index is 1610.